The summed E-state index contributed by atoms with van der Waals surface area (Å²) in [5, 5.41) is 8.85. The second kappa shape index (κ2) is 4.62. The molecule has 0 fully saturated rings. The first-order valence-corrected chi connectivity index (χ1v) is 5.09. The molecule has 2 rings (SSSR count). The smallest absolute Gasteiger partial charge is 0.450 e. The fraction of sp³-hybridized carbons (Fsp3) is 0.0833. The molecule has 1 aromatic heterocycles. The molecule has 0 spiro atoms. The van der Waals surface area contributed by atoms with Crippen LogP contribution in [-0.4, -0.2) is 11.1 Å². The van der Waals surface area contributed by atoms with E-state index in [-0.39, 0.29) is 0 Å². The number of carboxylic acids is 1. The molecule has 20 heavy (non-hydrogen) atoms. The zero-order valence-electron chi connectivity index (χ0n) is 9.46. The summed E-state index contributed by atoms with van der Waals surface area (Å²) in [5.74, 6) is -5.81. The van der Waals surface area contributed by atoms with Crippen molar-refractivity contribution in [2.45, 2.75) is 6.18 Å². The van der Waals surface area contributed by atoms with Crippen molar-refractivity contribution in [3.05, 3.63) is 47.4 Å². The molecule has 0 saturated heterocycles. The Kier molecular flexibility index (Phi) is 3.24. The van der Waals surface area contributed by atoms with Crippen molar-refractivity contribution < 1.29 is 36.3 Å². The summed E-state index contributed by atoms with van der Waals surface area (Å²) in [5.41, 5.74) is -2.33. The number of carboxylic acid groups (broad SMARTS) is 1. The summed E-state index contributed by atoms with van der Waals surface area (Å²) in [6, 6.07) is 2.06. The number of carbonyl (C=O) groups is 1. The van der Waals surface area contributed by atoms with Gasteiger partial charge in [-0.25, -0.2) is 13.6 Å². The van der Waals surface area contributed by atoms with E-state index >= 15 is 0 Å². The lowest BCUT2D eigenvalue weighted by Crippen LogP contribution is -2.11. The van der Waals surface area contributed by atoms with E-state index in [4.69, 9.17) is 5.11 Å². The van der Waals surface area contributed by atoms with E-state index in [0.29, 0.717) is 12.3 Å². The van der Waals surface area contributed by atoms with Gasteiger partial charge in [0.25, 0.3) is 0 Å². The van der Waals surface area contributed by atoms with Gasteiger partial charge in [-0.2, -0.15) is 13.2 Å². The van der Waals surface area contributed by atoms with Crippen LogP contribution in [-0.2, 0) is 6.18 Å². The minimum atomic E-state index is -5.04. The van der Waals surface area contributed by atoms with Crippen LogP contribution in [0.4, 0.5) is 22.0 Å². The molecule has 106 valence electrons. The van der Waals surface area contributed by atoms with E-state index in [0.717, 1.165) is 12.1 Å². The maximum atomic E-state index is 13.5. The molecule has 8 heteroatoms. The highest BCUT2D eigenvalue weighted by Gasteiger charge is 2.41. The molecule has 3 nitrogen and oxygen atoms in total. The van der Waals surface area contributed by atoms with Crippen LogP contribution in [0, 0.1) is 11.6 Å². The van der Waals surface area contributed by atoms with E-state index < -0.39 is 46.2 Å². The number of hydrogen-bond acceptors (Lipinski definition) is 2. The third-order valence-electron chi connectivity index (χ3n) is 2.48. The molecule has 0 atom stereocenters. The summed E-state index contributed by atoms with van der Waals surface area (Å²) in [6.45, 7) is 0. The average molecular weight is 292 g/mol. The highest BCUT2D eigenvalue weighted by atomic mass is 19.4. The lowest BCUT2D eigenvalue weighted by Gasteiger charge is -2.05. The quantitative estimate of drug-likeness (QED) is 0.853. The third kappa shape index (κ3) is 2.36. The summed E-state index contributed by atoms with van der Waals surface area (Å²) in [4.78, 5) is 10.9. The van der Waals surface area contributed by atoms with Crippen molar-refractivity contribution in [1.82, 2.24) is 0 Å². The number of aromatic carboxylic acids is 1. The molecular formula is C12H5F5O3. The SMILES string of the molecule is O=C(O)c1c(-c2ccc(F)cc2F)coc1C(F)(F)F. The van der Waals surface area contributed by atoms with Crippen LogP contribution < -0.4 is 0 Å². The Balaban J connectivity index is 2.69. The molecule has 0 unspecified atom stereocenters. The molecule has 0 aliphatic heterocycles. The van der Waals surface area contributed by atoms with Gasteiger partial charge in [0.15, 0.2) is 0 Å². The largest absolute Gasteiger partial charge is 0.478 e. The minimum Gasteiger partial charge on any atom is -0.478 e. The third-order valence-corrected chi connectivity index (χ3v) is 2.48. The summed E-state index contributed by atoms with van der Waals surface area (Å²) in [6.07, 6.45) is -4.56. The molecule has 0 amide bonds. The standard InChI is InChI=1S/C12H5F5O3/c13-5-1-2-6(8(14)3-5)7-4-20-10(12(15,16)17)9(7)11(18)19/h1-4H,(H,18,19). The molecule has 1 N–H and O–H groups in total. The van der Waals surface area contributed by atoms with Gasteiger partial charge in [-0.05, 0) is 12.1 Å². The van der Waals surface area contributed by atoms with Gasteiger partial charge in [0, 0.05) is 17.2 Å². The first kappa shape index (κ1) is 14.0. The molecule has 0 saturated carbocycles. The van der Waals surface area contributed by atoms with Crippen molar-refractivity contribution in [3.63, 3.8) is 0 Å². The number of furan rings is 1. The van der Waals surface area contributed by atoms with Gasteiger partial charge >= 0.3 is 12.1 Å². The van der Waals surface area contributed by atoms with Crippen molar-refractivity contribution in [2.24, 2.45) is 0 Å². The van der Waals surface area contributed by atoms with Crippen LogP contribution in [0.3, 0.4) is 0 Å². The number of rotatable bonds is 2. The summed E-state index contributed by atoms with van der Waals surface area (Å²) in [7, 11) is 0. The number of halogens is 5. The van der Waals surface area contributed by atoms with Gasteiger partial charge in [0.1, 0.15) is 23.5 Å². The van der Waals surface area contributed by atoms with Crippen molar-refractivity contribution in [1.29, 1.82) is 0 Å². The lowest BCUT2D eigenvalue weighted by molar-refractivity contribution is -0.153. The number of benzene rings is 1. The van der Waals surface area contributed by atoms with Crippen LogP contribution in [0.15, 0.2) is 28.9 Å². The normalized spacial score (nSPS) is 11.7. The average Bonchev–Trinajstić information content (AvgIpc) is 2.72. The highest BCUT2D eigenvalue weighted by molar-refractivity contribution is 5.97. The van der Waals surface area contributed by atoms with Crippen LogP contribution in [0.25, 0.3) is 11.1 Å². The van der Waals surface area contributed by atoms with Crippen LogP contribution in [0.2, 0.25) is 0 Å². The van der Waals surface area contributed by atoms with E-state index in [9.17, 15) is 26.7 Å². The van der Waals surface area contributed by atoms with Crippen LogP contribution >= 0.6 is 0 Å². The van der Waals surface area contributed by atoms with E-state index in [1.54, 1.807) is 0 Å². The van der Waals surface area contributed by atoms with Crippen LogP contribution in [0.5, 0.6) is 0 Å². The zero-order valence-corrected chi connectivity index (χ0v) is 9.46. The maximum Gasteiger partial charge on any atom is 0.450 e. The lowest BCUT2D eigenvalue weighted by atomic mass is 10.0. The number of hydrogen-bond donors (Lipinski definition) is 1. The van der Waals surface area contributed by atoms with Crippen molar-refractivity contribution >= 4 is 5.97 Å². The van der Waals surface area contributed by atoms with Gasteiger partial charge in [0.2, 0.25) is 5.76 Å². The van der Waals surface area contributed by atoms with Crippen molar-refractivity contribution in [3.8, 4) is 11.1 Å². The first-order valence-electron chi connectivity index (χ1n) is 5.09. The second-order valence-electron chi connectivity index (χ2n) is 3.78. The van der Waals surface area contributed by atoms with Crippen molar-refractivity contribution in [2.75, 3.05) is 0 Å². The monoisotopic (exact) mass is 292 g/mol. The second-order valence-corrected chi connectivity index (χ2v) is 3.78. The Hall–Kier alpha value is -2.38. The molecule has 1 aromatic carbocycles. The highest BCUT2D eigenvalue weighted by Crippen LogP contribution is 2.39. The van der Waals surface area contributed by atoms with E-state index in [1.807, 2.05) is 0 Å². The summed E-state index contributed by atoms with van der Waals surface area (Å²) >= 11 is 0. The van der Waals surface area contributed by atoms with E-state index in [2.05, 4.69) is 4.42 Å². The molecule has 0 aliphatic carbocycles. The molecule has 1 heterocycles. The number of alkyl halides is 3. The first-order chi connectivity index (χ1) is 9.21. The minimum absolute atomic E-state index is 0.432. The summed E-state index contributed by atoms with van der Waals surface area (Å²) < 4.78 is 68.3. The fourth-order valence-electron chi connectivity index (χ4n) is 1.68. The Morgan fingerprint density at radius 3 is 2.30 bits per heavy atom. The fourth-order valence-corrected chi connectivity index (χ4v) is 1.68. The van der Waals surface area contributed by atoms with Gasteiger partial charge in [-0.1, -0.05) is 0 Å². The zero-order chi connectivity index (χ0) is 15.1. The topological polar surface area (TPSA) is 50.4 Å². The van der Waals surface area contributed by atoms with Gasteiger partial charge in [0.05, 0.1) is 0 Å². The molecular weight excluding hydrogens is 287 g/mol. The Morgan fingerprint density at radius 2 is 1.80 bits per heavy atom. The van der Waals surface area contributed by atoms with Crippen LogP contribution in [0.1, 0.15) is 16.1 Å². The molecule has 0 bridgehead atoms. The molecule has 0 aliphatic rings. The maximum absolute atomic E-state index is 13.5. The predicted octanol–water partition coefficient (Wildman–Crippen LogP) is 3.94. The Labute approximate surface area is 108 Å². The Morgan fingerprint density at radius 1 is 1.15 bits per heavy atom. The molecule has 0 radical (unpaired) electrons. The Bertz CT molecular complexity index is 672. The van der Waals surface area contributed by atoms with Gasteiger partial charge in [-0.15, -0.1) is 0 Å². The van der Waals surface area contributed by atoms with E-state index in [1.165, 1.54) is 0 Å². The predicted molar refractivity (Wildman–Crippen MR) is 56.0 cm³/mol. The van der Waals surface area contributed by atoms with Gasteiger partial charge < -0.3 is 9.52 Å². The molecule has 2 aromatic rings. The van der Waals surface area contributed by atoms with Gasteiger partial charge in [-0.3, -0.25) is 0 Å².